The Labute approximate surface area is 77.9 Å². The van der Waals surface area contributed by atoms with Crippen LogP contribution >= 0.6 is 0 Å². The highest BCUT2D eigenvalue weighted by Gasteiger charge is 2.10. The predicted octanol–water partition coefficient (Wildman–Crippen LogP) is 1.44. The van der Waals surface area contributed by atoms with Gasteiger partial charge in [0.25, 0.3) is 0 Å². The maximum absolute atomic E-state index is 10.9. The molecule has 0 amide bonds. The van der Waals surface area contributed by atoms with Crippen LogP contribution in [0.5, 0.6) is 0 Å². The number of carboxylic acid groups (broad SMARTS) is 1. The summed E-state index contributed by atoms with van der Waals surface area (Å²) in [4.78, 5) is 21.1. The Morgan fingerprint density at radius 3 is 2.54 bits per heavy atom. The van der Waals surface area contributed by atoms with Crippen LogP contribution in [-0.4, -0.2) is 23.7 Å². The van der Waals surface area contributed by atoms with E-state index < -0.39 is 5.97 Å². The van der Waals surface area contributed by atoms with Gasteiger partial charge in [0.2, 0.25) is 0 Å². The quantitative estimate of drug-likeness (QED) is 0.640. The number of carbonyl (C=O) groups excluding carboxylic acids is 1. The first kappa shape index (κ1) is 11.9. The van der Waals surface area contributed by atoms with Crippen molar-refractivity contribution in [3.63, 3.8) is 0 Å². The van der Waals surface area contributed by atoms with Crippen LogP contribution < -0.4 is 0 Å². The maximum Gasteiger partial charge on any atom is 0.305 e. The summed E-state index contributed by atoms with van der Waals surface area (Å²) >= 11 is 0. The topological polar surface area (TPSA) is 63.6 Å². The zero-order chi connectivity index (χ0) is 10.3. The lowest BCUT2D eigenvalue weighted by Crippen LogP contribution is -2.09. The van der Waals surface area contributed by atoms with E-state index in [2.05, 4.69) is 0 Å². The number of rotatable bonds is 6. The summed E-state index contributed by atoms with van der Waals surface area (Å²) < 4.78 is 4.71. The van der Waals surface area contributed by atoms with Crippen LogP contribution in [0.4, 0.5) is 0 Å². The standard InChI is InChI=1S/C9H16O4/c1-3-13-9(12)5-4-7(2)6-8(10)11/h7H,3-6H2,1-2H3,(H,10,11)/t7-/m0/s1. The molecule has 0 aromatic carbocycles. The SMILES string of the molecule is CCOC(=O)CC[C@H](C)CC(=O)O. The van der Waals surface area contributed by atoms with E-state index >= 15 is 0 Å². The Bertz CT molecular complexity index is 176. The molecule has 0 unspecified atom stereocenters. The molecule has 0 saturated heterocycles. The molecule has 1 atom stereocenters. The molecule has 0 fully saturated rings. The summed E-state index contributed by atoms with van der Waals surface area (Å²) in [5.74, 6) is -1.04. The zero-order valence-corrected chi connectivity index (χ0v) is 8.08. The molecular weight excluding hydrogens is 172 g/mol. The minimum absolute atomic E-state index is 0.0295. The van der Waals surface area contributed by atoms with Gasteiger partial charge in [0, 0.05) is 12.8 Å². The van der Waals surface area contributed by atoms with Crippen LogP contribution in [0.25, 0.3) is 0 Å². The molecule has 0 heterocycles. The van der Waals surface area contributed by atoms with Crippen LogP contribution in [-0.2, 0) is 14.3 Å². The minimum Gasteiger partial charge on any atom is -0.481 e. The second-order valence-corrected chi connectivity index (χ2v) is 3.05. The van der Waals surface area contributed by atoms with Gasteiger partial charge < -0.3 is 9.84 Å². The van der Waals surface area contributed by atoms with Crippen LogP contribution in [0, 0.1) is 5.92 Å². The average molecular weight is 188 g/mol. The van der Waals surface area contributed by atoms with Gasteiger partial charge in [-0.2, -0.15) is 0 Å². The molecule has 0 aliphatic heterocycles. The average Bonchev–Trinajstić information content (AvgIpc) is 2.00. The smallest absolute Gasteiger partial charge is 0.305 e. The Morgan fingerprint density at radius 1 is 1.46 bits per heavy atom. The van der Waals surface area contributed by atoms with E-state index in [-0.39, 0.29) is 18.3 Å². The van der Waals surface area contributed by atoms with E-state index in [1.807, 2.05) is 6.92 Å². The van der Waals surface area contributed by atoms with Crippen molar-refractivity contribution >= 4 is 11.9 Å². The third-order valence-corrected chi connectivity index (χ3v) is 1.67. The van der Waals surface area contributed by atoms with Crippen molar-refractivity contribution in [2.24, 2.45) is 5.92 Å². The Kier molecular flexibility index (Phi) is 5.93. The van der Waals surface area contributed by atoms with Gasteiger partial charge in [-0.05, 0) is 19.3 Å². The number of aliphatic carboxylic acids is 1. The minimum atomic E-state index is -0.823. The van der Waals surface area contributed by atoms with Gasteiger partial charge in [-0.15, -0.1) is 0 Å². The molecule has 0 aromatic heterocycles. The summed E-state index contributed by atoms with van der Waals surface area (Å²) in [5, 5.41) is 8.44. The van der Waals surface area contributed by atoms with Crippen molar-refractivity contribution in [1.82, 2.24) is 0 Å². The van der Waals surface area contributed by atoms with Crippen molar-refractivity contribution in [3.8, 4) is 0 Å². The highest BCUT2D eigenvalue weighted by Crippen LogP contribution is 2.10. The molecule has 76 valence electrons. The first-order valence-electron chi connectivity index (χ1n) is 4.43. The van der Waals surface area contributed by atoms with E-state index in [0.717, 1.165) is 0 Å². The van der Waals surface area contributed by atoms with Gasteiger partial charge in [0.1, 0.15) is 0 Å². The number of carboxylic acids is 1. The molecule has 0 aliphatic carbocycles. The van der Waals surface area contributed by atoms with Crippen molar-refractivity contribution in [3.05, 3.63) is 0 Å². The van der Waals surface area contributed by atoms with Crippen molar-refractivity contribution in [2.75, 3.05) is 6.61 Å². The van der Waals surface area contributed by atoms with Crippen molar-refractivity contribution in [1.29, 1.82) is 0 Å². The number of esters is 1. The van der Waals surface area contributed by atoms with E-state index in [1.165, 1.54) is 0 Å². The van der Waals surface area contributed by atoms with Gasteiger partial charge in [-0.25, -0.2) is 0 Å². The largest absolute Gasteiger partial charge is 0.481 e. The van der Waals surface area contributed by atoms with E-state index in [9.17, 15) is 9.59 Å². The fourth-order valence-electron chi connectivity index (χ4n) is 0.998. The van der Waals surface area contributed by atoms with Crippen LogP contribution in [0.1, 0.15) is 33.1 Å². The Hall–Kier alpha value is -1.06. The summed E-state index contributed by atoms with van der Waals surface area (Å²) in [7, 11) is 0. The molecule has 0 bridgehead atoms. The zero-order valence-electron chi connectivity index (χ0n) is 8.08. The predicted molar refractivity (Wildman–Crippen MR) is 47.3 cm³/mol. The fourth-order valence-corrected chi connectivity index (χ4v) is 0.998. The monoisotopic (exact) mass is 188 g/mol. The van der Waals surface area contributed by atoms with E-state index in [0.29, 0.717) is 19.4 Å². The maximum atomic E-state index is 10.9. The molecule has 0 spiro atoms. The first-order valence-corrected chi connectivity index (χ1v) is 4.43. The Balaban J connectivity index is 3.51. The van der Waals surface area contributed by atoms with E-state index in [4.69, 9.17) is 9.84 Å². The molecule has 0 radical (unpaired) electrons. The number of ether oxygens (including phenoxy) is 1. The summed E-state index contributed by atoms with van der Waals surface area (Å²) in [6.07, 6.45) is 0.993. The second kappa shape index (κ2) is 6.46. The lowest BCUT2D eigenvalue weighted by atomic mass is 10.0. The molecule has 0 rings (SSSR count). The molecule has 0 aliphatic rings. The van der Waals surface area contributed by atoms with Gasteiger partial charge >= 0.3 is 11.9 Å². The highest BCUT2D eigenvalue weighted by atomic mass is 16.5. The molecule has 4 nitrogen and oxygen atoms in total. The highest BCUT2D eigenvalue weighted by molar-refractivity contribution is 5.69. The van der Waals surface area contributed by atoms with E-state index in [1.54, 1.807) is 6.92 Å². The van der Waals surface area contributed by atoms with Gasteiger partial charge in [0.15, 0.2) is 0 Å². The number of carbonyl (C=O) groups is 2. The molecular formula is C9H16O4. The second-order valence-electron chi connectivity index (χ2n) is 3.05. The Morgan fingerprint density at radius 2 is 2.08 bits per heavy atom. The molecule has 0 aromatic rings. The summed E-state index contributed by atoms with van der Waals surface area (Å²) in [6.45, 7) is 3.94. The van der Waals surface area contributed by atoms with Gasteiger partial charge in [-0.1, -0.05) is 6.92 Å². The summed E-state index contributed by atoms with van der Waals surface area (Å²) in [6, 6.07) is 0. The van der Waals surface area contributed by atoms with Gasteiger partial charge in [0.05, 0.1) is 6.61 Å². The molecule has 1 N–H and O–H groups in total. The van der Waals surface area contributed by atoms with Crippen LogP contribution in [0.3, 0.4) is 0 Å². The lowest BCUT2D eigenvalue weighted by Gasteiger charge is -2.07. The van der Waals surface area contributed by atoms with Gasteiger partial charge in [-0.3, -0.25) is 9.59 Å². The van der Waals surface area contributed by atoms with Crippen molar-refractivity contribution < 1.29 is 19.4 Å². The lowest BCUT2D eigenvalue weighted by molar-refractivity contribution is -0.144. The molecule has 4 heteroatoms. The third-order valence-electron chi connectivity index (χ3n) is 1.67. The third kappa shape index (κ3) is 7.31. The number of hydrogen-bond acceptors (Lipinski definition) is 3. The first-order chi connectivity index (χ1) is 6.06. The van der Waals surface area contributed by atoms with Crippen molar-refractivity contribution in [2.45, 2.75) is 33.1 Å². The normalized spacial score (nSPS) is 12.2. The molecule has 13 heavy (non-hydrogen) atoms. The van der Waals surface area contributed by atoms with Crippen LogP contribution in [0.2, 0.25) is 0 Å². The summed E-state index contributed by atoms with van der Waals surface area (Å²) in [5.41, 5.74) is 0. The number of hydrogen-bond donors (Lipinski definition) is 1. The molecule has 0 saturated carbocycles. The van der Waals surface area contributed by atoms with Crippen LogP contribution in [0.15, 0.2) is 0 Å². The fraction of sp³-hybridized carbons (Fsp3) is 0.778.